The quantitative estimate of drug-likeness (QED) is 0.752. The van der Waals surface area contributed by atoms with Crippen molar-refractivity contribution in [3.63, 3.8) is 0 Å². The van der Waals surface area contributed by atoms with Crippen LogP contribution < -0.4 is 5.32 Å². The van der Waals surface area contributed by atoms with E-state index in [-0.39, 0.29) is 17.7 Å². The third-order valence-corrected chi connectivity index (χ3v) is 3.70. The van der Waals surface area contributed by atoms with Crippen molar-refractivity contribution < 1.29 is 13.6 Å². The summed E-state index contributed by atoms with van der Waals surface area (Å²) in [5, 5.41) is 2.92. The van der Waals surface area contributed by atoms with Crippen LogP contribution in [-0.4, -0.2) is 24.8 Å². The fourth-order valence-corrected chi connectivity index (χ4v) is 2.89. The van der Waals surface area contributed by atoms with Crippen LogP contribution in [0.5, 0.6) is 0 Å². The number of likely N-dealkylation sites (N-methyl/N-ethyl adjacent to an activating group) is 1. The van der Waals surface area contributed by atoms with E-state index in [1.165, 1.54) is 6.92 Å². The lowest BCUT2D eigenvalue weighted by Gasteiger charge is -2.22. The molecule has 2 saturated carbocycles. The highest BCUT2D eigenvalue weighted by Crippen LogP contribution is 2.66. The Hall–Kier alpha value is -0.510. The second kappa shape index (κ2) is 2.99. The molecule has 0 spiro atoms. The van der Waals surface area contributed by atoms with Crippen LogP contribution in [0.4, 0.5) is 8.78 Å². The minimum absolute atomic E-state index is 0.0575. The molecule has 4 heteroatoms. The van der Waals surface area contributed by atoms with Crippen molar-refractivity contribution in [2.24, 2.45) is 17.8 Å². The molecule has 0 bridgehead atoms. The molecule has 0 aromatic rings. The Morgan fingerprint density at radius 3 is 2.29 bits per heavy atom. The first-order valence-electron chi connectivity index (χ1n) is 5.04. The van der Waals surface area contributed by atoms with Crippen molar-refractivity contribution in [2.45, 2.75) is 31.7 Å². The van der Waals surface area contributed by atoms with Gasteiger partial charge in [-0.2, -0.15) is 0 Å². The number of hydrogen-bond donors (Lipinski definition) is 1. The van der Waals surface area contributed by atoms with Crippen molar-refractivity contribution in [3.05, 3.63) is 0 Å². The van der Waals surface area contributed by atoms with Crippen molar-refractivity contribution >= 4 is 5.78 Å². The van der Waals surface area contributed by atoms with Gasteiger partial charge in [-0.05, 0) is 32.7 Å². The van der Waals surface area contributed by atoms with Crippen LogP contribution in [0.2, 0.25) is 0 Å². The summed E-state index contributed by atoms with van der Waals surface area (Å²) in [6.45, 7) is 1.52. The number of halogens is 2. The van der Waals surface area contributed by atoms with Gasteiger partial charge >= 0.3 is 0 Å². The Morgan fingerprint density at radius 1 is 1.43 bits per heavy atom. The normalized spacial score (nSPS) is 40.4. The molecule has 0 amide bonds. The number of fused-ring (bicyclic) bond motifs is 1. The van der Waals surface area contributed by atoms with E-state index in [0.29, 0.717) is 12.8 Å². The molecule has 3 unspecified atom stereocenters. The van der Waals surface area contributed by atoms with Gasteiger partial charge in [0.1, 0.15) is 5.78 Å². The molecule has 0 radical (unpaired) electrons. The Kier molecular flexibility index (Phi) is 2.14. The monoisotopic (exact) mass is 203 g/mol. The van der Waals surface area contributed by atoms with E-state index in [2.05, 4.69) is 5.32 Å². The zero-order chi connectivity index (χ0) is 10.5. The minimum atomic E-state index is -2.43. The van der Waals surface area contributed by atoms with Crippen LogP contribution in [0.25, 0.3) is 0 Å². The number of ketones is 1. The number of alkyl halides is 2. The van der Waals surface area contributed by atoms with Crippen molar-refractivity contribution in [1.82, 2.24) is 5.32 Å². The maximum atomic E-state index is 12.9. The van der Waals surface area contributed by atoms with Crippen molar-refractivity contribution in [3.8, 4) is 0 Å². The van der Waals surface area contributed by atoms with Gasteiger partial charge in [0.2, 0.25) is 0 Å². The number of Topliss-reactive ketones (excluding diaryl/α,β-unsaturated/α-hetero) is 1. The molecule has 2 aliphatic carbocycles. The number of nitrogens with one attached hydrogen (secondary N) is 1. The standard InChI is InChI=1S/C10H15F2NO/c1-5(14)9(13-2)6-3-7-8(4-6)10(7,11)12/h6-9,13H,3-4H2,1-2H3. The van der Waals surface area contributed by atoms with Crippen LogP contribution in [0, 0.1) is 17.8 Å². The van der Waals surface area contributed by atoms with Crippen molar-refractivity contribution in [1.29, 1.82) is 0 Å². The maximum Gasteiger partial charge on any atom is 0.254 e. The Balaban J connectivity index is 1.96. The van der Waals surface area contributed by atoms with Gasteiger partial charge in [0, 0.05) is 11.8 Å². The third-order valence-electron chi connectivity index (χ3n) is 3.70. The van der Waals surface area contributed by atoms with E-state index in [1.807, 2.05) is 0 Å². The first-order valence-corrected chi connectivity index (χ1v) is 5.04. The summed E-state index contributed by atoms with van der Waals surface area (Å²) in [5.74, 6) is -3.13. The average molecular weight is 203 g/mol. The van der Waals surface area contributed by atoms with Crippen LogP contribution in [-0.2, 0) is 4.79 Å². The van der Waals surface area contributed by atoms with Gasteiger partial charge in [-0.1, -0.05) is 0 Å². The van der Waals surface area contributed by atoms with Gasteiger partial charge in [-0.3, -0.25) is 4.79 Å². The molecule has 0 saturated heterocycles. The fraction of sp³-hybridized carbons (Fsp3) is 0.900. The number of rotatable bonds is 3. The Bertz CT molecular complexity index is 253. The predicted octanol–water partition coefficient (Wildman–Crippen LogP) is 1.45. The summed E-state index contributed by atoms with van der Waals surface area (Å²) in [6.07, 6.45) is 1.01. The molecular formula is C10H15F2NO. The van der Waals surface area contributed by atoms with Crippen LogP contribution in [0.15, 0.2) is 0 Å². The molecule has 14 heavy (non-hydrogen) atoms. The predicted molar refractivity (Wildman–Crippen MR) is 48.2 cm³/mol. The molecule has 80 valence electrons. The summed E-state index contributed by atoms with van der Waals surface area (Å²) in [6, 6.07) is -0.224. The highest BCUT2D eigenvalue weighted by Gasteiger charge is 2.71. The lowest BCUT2D eigenvalue weighted by atomic mass is 9.91. The zero-order valence-corrected chi connectivity index (χ0v) is 8.39. The average Bonchev–Trinajstić information content (AvgIpc) is 2.50. The number of hydrogen-bond acceptors (Lipinski definition) is 2. The SMILES string of the molecule is CNC(C(C)=O)C1CC2C(C1)C2(F)F. The lowest BCUT2D eigenvalue weighted by molar-refractivity contribution is -0.120. The van der Waals surface area contributed by atoms with Gasteiger partial charge in [-0.25, -0.2) is 8.78 Å². The van der Waals surface area contributed by atoms with E-state index in [9.17, 15) is 13.6 Å². The topological polar surface area (TPSA) is 29.1 Å². The lowest BCUT2D eigenvalue weighted by Crippen LogP contribution is -2.39. The molecule has 0 aliphatic heterocycles. The summed E-state index contributed by atoms with van der Waals surface area (Å²) < 4.78 is 25.8. The minimum Gasteiger partial charge on any atom is -0.310 e. The summed E-state index contributed by atoms with van der Waals surface area (Å²) in [5.41, 5.74) is 0. The molecule has 0 heterocycles. The van der Waals surface area contributed by atoms with E-state index in [1.54, 1.807) is 7.05 Å². The van der Waals surface area contributed by atoms with E-state index >= 15 is 0 Å². The fourth-order valence-electron chi connectivity index (χ4n) is 2.89. The number of carbonyl (C=O) groups is 1. The molecule has 2 aliphatic rings. The highest BCUT2D eigenvalue weighted by molar-refractivity contribution is 5.81. The van der Waals surface area contributed by atoms with Gasteiger partial charge < -0.3 is 5.32 Å². The molecule has 2 nitrogen and oxygen atoms in total. The van der Waals surface area contributed by atoms with Gasteiger partial charge in [0.15, 0.2) is 0 Å². The summed E-state index contributed by atoms with van der Waals surface area (Å²) >= 11 is 0. The largest absolute Gasteiger partial charge is 0.310 e. The maximum absolute atomic E-state index is 12.9. The molecule has 1 N–H and O–H groups in total. The van der Waals surface area contributed by atoms with E-state index in [0.717, 1.165) is 0 Å². The van der Waals surface area contributed by atoms with Crippen LogP contribution in [0.1, 0.15) is 19.8 Å². The molecule has 2 fully saturated rings. The van der Waals surface area contributed by atoms with E-state index < -0.39 is 17.8 Å². The number of carbonyl (C=O) groups excluding carboxylic acids is 1. The van der Waals surface area contributed by atoms with Gasteiger partial charge in [0.05, 0.1) is 6.04 Å². The second-order valence-electron chi connectivity index (χ2n) is 4.50. The summed E-state index contributed by atoms with van der Waals surface area (Å²) in [4.78, 5) is 11.2. The Morgan fingerprint density at radius 2 is 1.93 bits per heavy atom. The molecule has 0 aromatic carbocycles. The smallest absolute Gasteiger partial charge is 0.254 e. The molecule has 2 rings (SSSR count). The van der Waals surface area contributed by atoms with Gasteiger partial charge in [-0.15, -0.1) is 0 Å². The first kappa shape index (κ1) is 10.0. The molecule has 3 atom stereocenters. The van der Waals surface area contributed by atoms with Crippen LogP contribution in [0.3, 0.4) is 0 Å². The van der Waals surface area contributed by atoms with Crippen LogP contribution >= 0.6 is 0 Å². The van der Waals surface area contributed by atoms with E-state index in [4.69, 9.17) is 0 Å². The molecular weight excluding hydrogens is 188 g/mol. The zero-order valence-electron chi connectivity index (χ0n) is 8.39. The second-order valence-corrected chi connectivity index (χ2v) is 4.50. The van der Waals surface area contributed by atoms with Gasteiger partial charge in [0.25, 0.3) is 5.92 Å². The molecule has 0 aromatic heterocycles. The first-order chi connectivity index (χ1) is 6.48. The highest BCUT2D eigenvalue weighted by atomic mass is 19.3. The summed E-state index contributed by atoms with van der Waals surface area (Å²) in [7, 11) is 1.72. The Labute approximate surface area is 82.1 Å². The van der Waals surface area contributed by atoms with Crippen molar-refractivity contribution in [2.75, 3.05) is 7.05 Å². The third kappa shape index (κ3) is 1.28.